The van der Waals surface area contributed by atoms with Crippen LogP contribution < -0.4 is 0 Å². The number of carbonyl (C=O) groups is 3. The second-order valence-electron chi connectivity index (χ2n) is 7.06. The highest BCUT2D eigenvalue weighted by Crippen LogP contribution is 2.31. The van der Waals surface area contributed by atoms with E-state index >= 15 is 0 Å². The molecule has 0 aliphatic carbocycles. The van der Waals surface area contributed by atoms with Gasteiger partial charge in [0.15, 0.2) is 0 Å². The molecule has 0 bridgehead atoms. The standard InChI is InChI=1S/C18H18F3N3O3/c19-18(20,21)12-5-3-11(4-6-12)15(25)22-8-9-24-14(10-22)17(27)23-7-1-2-13(23)16(24)26/h3-6,13-14H,1-2,7-10H2/t13-,14+/m0/s1. The van der Waals surface area contributed by atoms with Crippen LogP contribution in [0, 0.1) is 0 Å². The molecule has 6 nitrogen and oxygen atoms in total. The lowest BCUT2D eigenvalue weighted by molar-refractivity contribution is -0.162. The Morgan fingerprint density at radius 3 is 2.22 bits per heavy atom. The lowest BCUT2D eigenvalue weighted by atomic mass is 10.0. The van der Waals surface area contributed by atoms with Gasteiger partial charge in [-0.15, -0.1) is 0 Å². The molecule has 0 spiro atoms. The van der Waals surface area contributed by atoms with Crippen molar-refractivity contribution in [2.75, 3.05) is 26.2 Å². The van der Waals surface area contributed by atoms with Gasteiger partial charge in [-0.05, 0) is 37.1 Å². The Bertz CT molecular complexity index is 793. The predicted octanol–water partition coefficient (Wildman–Crippen LogP) is 1.36. The van der Waals surface area contributed by atoms with Crippen molar-refractivity contribution >= 4 is 17.7 Å². The van der Waals surface area contributed by atoms with Gasteiger partial charge in [-0.2, -0.15) is 13.2 Å². The number of piperazine rings is 2. The maximum absolute atomic E-state index is 12.7. The zero-order chi connectivity index (χ0) is 19.3. The maximum Gasteiger partial charge on any atom is 0.416 e. The zero-order valence-electron chi connectivity index (χ0n) is 14.4. The van der Waals surface area contributed by atoms with Gasteiger partial charge < -0.3 is 14.7 Å². The van der Waals surface area contributed by atoms with Crippen LogP contribution in [0.15, 0.2) is 24.3 Å². The smallest absolute Gasteiger partial charge is 0.334 e. The molecule has 3 saturated heterocycles. The van der Waals surface area contributed by atoms with Crippen molar-refractivity contribution in [2.24, 2.45) is 0 Å². The topological polar surface area (TPSA) is 60.9 Å². The number of halogens is 3. The first-order valence-corrected chi connectivity index (χ1v) is 8.85. The summed E-state index contributed by atoms with van der Waals surface area (Å²) in [4.78, 5) is 42.5. The fraction of sp³-hybridized carbons (Fsp3) is 0.500. The summed E-state index contributed by atoms with van der Waals surface area (Å²) in [5.74, 6) is -0.659. The summed E-state index contributed by atoms with van der Waals surface area (Å²) in [6, 6.07) is 2.93. The average Bonchev–Trinajstić information content (AvgIpc) is 3.15. The number of rotatable bonds is 1. The molecule has 3 fully saturated rings. The molecule has 3 aliphatic heterocycles. The number of amides is 3. The Hall–Kier alpha value is -2.58. The number of benzene rings is 1. The highest BCUT2D eigenvalue weighted by atomic mass is 19.4. The molecule has 1 aromatic rings. The fourth-order valence-electron chi connectivity index (χ4n) is 4.10. The Labute approximate surface area is 153 Å². The van der Waals surface area contributed by atoms with E-state index in [1.54, 1.807) is 9.80 Å². The van der Waals surface area contributed by atoms with Crippen LogP contribution in [0.2, 0.25) is 0 Å². The van der Waals surface area contributed by atoms with Crippen LogP contribution in [0.3, 0.4) is 0 Å². The molecule has 0 radical (unpaired) electrons. The zero-order valence-corrected chi connectivity index (χ0v) is 14.4. The summed E-state index contributed by atoms with van der Waals surface area (Å²) < 4.78 is 38.0. The van der Waals surface area contributed by atoms with Gasteiger partial charge in [0.2, 0.25) is 11.8 Å². The Morgan fingerprint density at radius 2 is 1.56 bits per heavy atom. The van der Waals surface area contributed by atoms with Gasteiger partial charge >= 0.3 is 6.18 Å². The van der Waals surface area contributed by atoms with E-state index in [0.29, 0.717) is 13.0 Å². The Balaban J connectivity index is 1.51. The van der Waals surface area contributed by atoms with Gasteiger partial charge in [-0.1, -0.05) is 0 Å². The normalized spacial score (nSPS) is 25.5. The third-order valence-corrected chi connectivity index (χ3v) is 5.52. The summed E-state index contributed by atoms with van der Waals surface area (Å²) in [7, 11) is 0. The molecule has 144 valence electrons. The molecule has 0 saturated carbocycles. The lowest BCUT2D eigenvalue weighted by Gasteiger charge is -2.47. The van der Waals surface area contributed by atoms with Gasteiger partial charge in [0, 0.05) is 25.2 Å². The minimum atomic E-state index is -4.46. The molecule has 1 aromatic carbocycles. The molecule has 0 N–H and O–H groups in total. The van der Waals surface area contributed by atoms with Crippen molar-refractivity contribution in [1.29, 1.82) is 0 Å². The minimum absolute atomic E-state index is 0.0631. The fourth-order valence-corrected chi connectivity index (χ4v) is 4.10. The second kappa shape index (κ2) is 6.24. The summed E-state index contributed by atoms with van der Waals surface area (Å²) in [5.41, 5.74) is -0.693. The van der Waals surface area contributed by atoms with E-state index in [1.807, 2.05) is 0 Å². The molecule has 3 heterocycles. The third kappa shape index (κ3) is 2.94. The highest BCUT2D eigenvalue weighted by molar-refractivity contribution is 5.99. The maximum atomic E-state index is 12.7. The van der Waals surface area contributed by atoms with Crippen LogP contribution >= 0.6 is 0 Å². The van der Waals surface area contributed by atoms with Crippen molar-refractivity contribution in [1.82, 2.24) is 14.7 Å². The minimum Gasteiger partial charge on any atom is -0.334 e. The van der Waals surface area contributed by atoms with E-state index in [2.05, 4.69) is 0 Å². The molecule has 27 heavy (non-hydrogen) atoms. The average molecular weight is 381 g/mol. The molecule has 2 atom stereocenters. The van der Waals surface area contributed by atoms with Gasteiger partial charge in [0.1, 0.15) is 12.1 Å². The number of fused-ring (bicyclic) bond motifs is 2. The van der Waals surface area contributed by atoms with Gasteiger partial charge in [-0.25, -0.2) is 0 Å². The van der Waals surface area contributed by atoms with E-state index in [1.165, 1.54) is 4.90 Å². The molecule has 3 amide bonds. The monoisotopic (exact) mass is 381 g/mol. The number of hydrogen-bond donors (Lipinski definition) is 0. The van der Waals surface area contributed by atoms with Gasteiger partial charge in [0.05, 0.1) is 12.1 Å². The van der Waals surface area contributed by atoms with Crippen molar-refractivity contribution in [3.05, 3.63) is 35.4 Å². The van der Waals surface area contributed by atoms with Crippen LogP contribution in [0.5, 0.6) is 0 Å². The first-order chi connectivity index (χ1) is 12.8. The molecular formula is C18H18F3N3O3. The van der Waals surface area contributed by atoms with E-state index in [-0.39, 0.29) is 43.1 Å². The van der Waals surface area contributed by atoms with Crippen LogP contribution in [0.4, 0.5) is 13.2 Å². The van der Waals surface area contributed by atoms with Crippen LogP contribution in [-0.4, -0.2) is 70.7 Å². The summed E-state index contributed by atoms with van der Waals surface area (Å²) >= 11 is 0. The summed E-state index contributed by atoms with van der Waals surface area (Å²) in [5, 5.41) is 0. The molecule has 0 aromatic heterocycles. The van der Waals surface area contributed by atoms with E-state index in [9.17, 15) is 27.6 Å². The Morgan fingerprint density at radius 1 is 0.926 bits per heavy atom. The number of nitrogens with zero attached hydrogens (tertiary/aromatic N) is 3. The predicted molar refractivity (Wildman–Crippen MR) is 87.6 cm³/mol. The highest BCUT2D eigenvalue weighted by Gasteiger charge is 2.50. The van der Waals surface area contributed by atoms with E-state index in [4.69, 9.17) is 0 Å². The molecule has 9 heteroatoms. The van der Waals surface area contributed by atoms with E-state index < -0.39 is 23.7 Å². The lowest BCUT2D eigenvalue weighted by Crippen LogP contribution is -2.69. The largest absolute Gasteiger partial charge is 0.416 e. The van der Waals surface area contributed by atoms with Crippen molar-refractivity contribution < 1.29 is 27.6 Å². The second-order valence-corrected chi connectivity index (χ2v) is 7.06. The molecule has 4 rings (SSSR count). The molecule has 3 aliphatic rings. The Kier molecular flexibility index (Phi) is 4.12. The molecular weight excluding hydrogens is 363 g/mol. The van der Waals surface area contributed by atoms with Crippen molar-refractivity contribution in [3.63, 3.8) is 0 Å². The first kappa shape index (κ1) is 17.8. The van der Waals surface area contributed by atoms with Crippen molar-refractivity contribution in [2.45, 2.75) is 31.1 Å². The summed E-state index contributed by atoms with van der Waals surface area (Å²) in [6.07, 6.45) is -3.01. The molecule has 0 unspecified atom stereocenters. The van der Waals surface area contributed by atoms with E-state index in [0.717, 1.165) is 30.7 Å². The first-order valence-electron chi connectivity index (χ1n) is 8.85. The van der Waals surface area contributed by atoms with Crippen molar-refractivity contribution in [3.8, 4) is 0 Å². The van der Waals surface area contributed by atoms with Crippen LogP contribution in [0.1, 0.15) is 28.8 Å². The number of carbonyl (C=O) groups excluding carboxylic acids is 3. The summed E-state index contributed by atoms with van der Waals surface area (Å²) in [6.45, 7) is 1.12. The van der Waals surface area contributed by atoms with Gasteiger partial charge in [0.25, 0.3) is 5.91 Å². The number of hydrogen-bond acceptors (Lipinski definition) is 3. The third-order valence-electron chi connectivity index (χ3n) is 5.52. The van der Waals surface area contributed by atoms with Crippen LogP contribution in [0.25, 0.3) is 0 Å². The van der Waals surface area contributed by atoms with Gasteiger partial charge in [-0.3, -0.25) is 14.4 Å². The quantitative estimate of drug-likeness (QED) is 0.738. The van der Waals surface area contributed by atoms with Crippen LogP contribution in [-0.2, 0) is 15.8 Å². The number of alkyl halides is 3. The SMILES string of the molecule is O=C(c1ccc(C(F)(F)F)cc1)N1CCN2C(=O)[C@@H]3CCCN3C(=O)[C@H]2C1.